The molecule has 0 bridgehead atoms. The Morgan fingerprint density at radius 1 is 1.13 bits per heavy atom. The number of ether oxygens (including phenoxy) is 1. The molecule has 1 unspecified atom stereocenters. The van der Waals surface area contributed by atoms with E-state index in [4.69, 9.17) is 10.00 Å². The summed E-state index contributed by atoms with van der Waals surface area (Å²) >= 11 is 0. The first-order valence-corrected chi connectivity index (χ1v) is 8.64. The van der Waals surface area contributed by atoms with Gasteiger partial charge in [0.15, 0.2) is 0 Å². The van der Waals surface area contributed by atoms with Crippen LogP contribution in [0.2, 0.25) is 0 Å². The van der Waals surface area contributed by atoms with Gasteiger partial charge in [-0.1, -0.05) is 44.7 Å². The van der Waals surface area contributed by atoms with Crippen LogP contribution in [0.4, 0.5) is 0 Å². The molecule has 4 heteroatoms. The van der Waals surface area contributed by atoms with Crippen molar-refractivity contribution in [3.8, 4) is 6.07 Å². The van der Waals surface area contributed by atoms with Gasteiger partial charge >= 0.3 is 0 Å². The van der Waals surface area contributed by atoms with E-state index in [-0.39, 0.29) is 12.4 Å². The molecular weight excluding hydrogens is 308 g/mol. The maximum Gasteiger partial charge on any atom is 0.0991 e. The zero-order valence-corrected chi connectivity index (χ0v) is 15.0. The van der Waals surface area contributed by atoms with Crippen molar-refractivity contribution in [1.29, 1.82) is 5.26 Å². The lowest BCUT2D eigenvalue weighted by Crippen LogP contribution is -2.44. The molecule has 1 fully saturated rings. The fraction of sp³-hybridized carbons (Fsp3) is 0.632. The number of rotatable bonds is 8. The first kappa shape index (κ1) is 20.0. The number of nitriles is 1. The highest BCUT2D eigenvalue weighted by molar-refractivity contribution is 5.85. The summed E-state index contributed by atoms with van der Waals surface area (Å²) in [7, 11) is 0. The minimum Gasteiger partial charge on any atom is -0.379 e. The highest BCUT2D eigenvalue weighted by atomic mass is 35.5. The average molecular weight is 337 g/mol. The highest BCUT2D eigenvalue weighted by Crippen LogP contribution is 2.18. The first-order valence-electron chi connectivity index (χ1n) is 8.64. The molecule has 1 saturated heterocycles. The maximum absolute atomic E-state index is 8.91. The van der Waals surface area contributed by atoms with Crippen LogP contribution in [-0.2, 0) is 11.2 Å². The molecule has 0 N–H and O–H groups in total. The molecule has 0 aliphatic carbocycles. The zero-order chi connectivity index (χ0) is 15.6. The topological polar surface area (TPSA) is 36.3 Å². The third kappa shape index (κ3) is 6.91. The normalized spacial score (nSPS) is 16.3. The molecule has 1 aliphatic heterocycles. The van der Waals surface area contributed by atoms with E-state index >= 15 is 0 Å². The fourth-order valence-corrected chi connectivity index (χ4v) is 3.15. The summed E-state index contributed by atoms with van der Waals surface area (Å²) in [6.07, 6.45) is 7.62. The smallest absolute Gasteiger partial charge is 0.0991 e. The van der Waals surface area contributed by atoms with Crippen molar-refractivity contribution < 1.29 is 4.74 Å². The number of hydrogen-bond donors (Lipinski definition) is 0. The SMILES string of the molecule is CCCCCCC(Cc1ccc(C#N)cc1)N1CCOCC1.Cl. The van der Waals surface area contributed by atoms with Crippen LogP contribution in [0.1, 0.15) is 50.2 Å². The van der Waals surface area contributed by atoms with Crippen molar-refractivity contribution in [2.45, 2.75) is 51.5 Å². The van der Waals surface area contributed by atoms with Gasteiger partial charge in [-0.15, -0.1) is 12.4 Å². The van der Waals surface area contributed by atoms with Gasteiger partial charge in [0.2, 0.25) is 0 Å². The minimum absolute atomic E-state index is 0. The van der Waals surface area contributed by atoms with E-state index in [1.165, 1.54) is 37.7 Å². The largest absolute Gasteiger partial charge is 0.379 e. The zero-order valence-electron chi connectivity index (χ0n) is 14.2. The average Bonchev–Trinajstić information content (AvgIpc) is 2.59. The van der Waals surface area contributed by atoms with E-state index < -0.39 is 0 Å². The van der Waals surface area contributed by atoms with E-state index in [0.717, 1.165) is 38.3 Å². The Morgan fingerprint density at radius 2 is 1.83 bits per heavy atom. The second-order valence-corrected chi connectivity index (χ2v) is 6.16. The van der Waals surface area contributed by atoms with Crippen LogP contribution in [0.3, 0.4) is 0 Å². The Morgan fingerprint density at radius 3 is 2.43 bits per heavy atom. The van der Waals surface area contributed by atoms with Gasteiger partial charge in [0.25, 0.3) is 0 Å². The van der Waals surface area contributed by atoms with Gasteiger partial charge in [0, 0.05) is 19.1 Å². The Balaban J connectivity index is 0.00000264. The maximum atomic E-state index is 8.91. The summed E-state index contributed by atoms with van der Waals surface area (Å²) in [5, 5.41) is 8.91. The summed E-state index contributed by atoms with van der Waals surface area (Å²) in [6, 6.07) is 10.9. The number of nitrogens with zero attached hydrogens (tertiary/aromatic N) is 2. The third-order valence-corrected chi connectivity index (χ3v) is 4.51. The fourth-order valence-electron chi connectivity index (χ4n) is 3.15. The second-order valence-electron chi connectivity index (χ2n) is 6.16. The van der Waals surface area contributed by atoms with Gasteiger partial charge in [-0.05, 0) is 30.5 Å². The predicted octanol–water partition coefficient (Wildman–Crippen LogP) is 4.19. The number of halogens is 1. The molecule has 1 heterocycles. The quantitative estimate of drug-likeness (QED) is 0.668. The van der Waals surface area contributed by atoms with Gasteiger partial charge in [0.05, 0.1) is 24.8 Å². The molecule has 0 aromatic heterocycles. The lowest BCUT2D eigenvalue weighted by molar-refractivity contribution is 0.0143. The van der Waals surface area contributed by atoms with Crippen LogP contribution >= 0.6 is 12.4 Å². The van der Waals surface area contributed by atoms with Crippen molar-refractivity contribution in [3.63, 3.8) is 0 Å². The summed E-state index contributed by atoms with van der Waals surface area (Å²) in [6.45, 7) is 6.08. The summed E-state index contributed by atoms with van der Waals surface area (Å²) in [4.78, 5) is 2.59. The van der Waals surface area contributed by atoms with Crippen LogP contribution < -0.4 is 0 Å². The van der Waals surface area contributed by atoms with Gasteiger partial charge in [-0.25, -0.2) is 0 Å². The lowest BCUT2D eigenvalue weighted by Gasteiger charge is -2.34. The van der Waals surface area contributed by atoms with E-state index in [2.05, 4.69) is 30.0 Å². The van der Waals surface area contributed by atoms with Crippen molar-refractivity contribution in [2.75, 3.05) is 26.3 Å². The number of benzene rings is 1. The van der Waals surface area contributed by atoms with Gasteiger partial charge < -0.3 is 4.74 Å². The highest BCUT2D eigenvalue weighted by Gasteiger charge is 2.20. The van der Waals surface area contributed by atoms with E-state index in [1.54, 1.807) is 0 Å². The standard InChI is InChI=1S/C19H28N2O.ClH/c1-2-3-4-5-6-19(21-11-13-22-14-12-21)15-17-7-9-18(16-20)10-8-17;/h7-10,19H,2-6,11-15H2,1H3;1H. The summed E-state index contributed by atoms with van der Waals surface area (Å²) < 4.78 is 5.50. The molecule has 1 atom stereocenters. The summed E-state index contributed by atoms with van der Waals surface area (Å²) in [5.74, 6) is 0. The summed E-state index contributed by atoms with van der Waals surface area (Å²) in [5.41, 5.74) is 2.08. The van der Waals surface area contributed by atoms with Crippen molar-refractivity contribution >= 4 is 12.4 Å². The van der Waals surface area contributed by atoms with E-state index in [0.29, 0.717) is 6.04 Å². The van der Waals surface area contributed by atoms with Crippen molar-refractivity contribution in [2.24, 2.45) is 0 Å². The molecule has 0 saturated carbocycles. The Hall–Kier alpha value is -1.08. The molecule has 1 aliphatic rings. The van der Waals surface area contributed by atoms with Crippen molar-refractivity contribution in [1.82, 2.24) is 4.90 Å². The number of unbranched alkanes of at least 4 members (excludes halogenated alkanes) is 3. The molecule has 0 spiro atoms. The van der Waals surface area contributed by atoms with E-state index in [9.17, 15) is 0 Å². The number of morpholine rings is 1. The van der Waals surface area contributed by atoms with Gasteiger partial charge in [-0.3, -0.25) is 4.90 Å². The van der Waals surface area contributed by atoms with Crippen LogP contribution in [-0.4, -0.2) is 37.2 Å². The Bertz CT molecular complexity index is 463. The van der Waals surface area contributed by atoms with Crippen LogP contribution in [0.5, 0.6) is 0 Å². The predicted molar refractivity (Wildman–Crippen MR) is 97.0 cm³/mol. The van der Waals surface area contributed by atoms with E-state index in [1.807, 2.05) is 12.1 Å². The number of hydrogen-bond acceptors (Lipinski definition) is 3. The molecular formula is C19H29ClN2O. The monoisotopic (exact) mass is 336 g/mol. The molecule has 0 amide bonds. The molecule has 23 heavy (non-hydrogen) atoms. The molecule has 1 aromatic carbocycles. The third-order valence-electron chi connectivity index (χ3n) is 4.51. The van der Waals surface area contributed by atoms with Gasteiger partial charge in [-0.2, -0.15) is 5.26 Å². The lowest BCUT2D eigenvalue weighted by atomic mass is 9.97. The van der Waals surface area contributed by atoms with Crippen LogP contribution in [0.15, 0.2) is 24.3 Å². The van der Waals surface area contributed by atoms with Crippen LogP contribution in [0, 0.1) is 11.3 Å². The Kier molecular flexibility index (Phi) is 9.94. The molecule has 0 radical (unpaired) electrons. The van der Waals surface area contributed by atoms with Crippen molar-refractivity contribution in [3.05, 3.63) is 35.4 Å². The molecule has 3 nitrogen and oxygen atoms in total. The minimum atomic E-state index is 0. The first-order chi connectivity index (χ1) is 10.8. The molecule has 2 rings (SSSR count). The van der Waals surface area contributed by atoms with Gasteiger partial charge in [0.1, 0.15) is 0 Å². The molecule has 1 aromatic rings. The Labute approximate surface area is 147 Å². The molecule has 128 valence electrons. The van der Waals surface area contributed by atoms with Crippen LogP contribution in [0.25, 0.3) is 0 Å². The second kappa shape index (κ2) is 11.5.